The summed E-state index contributed by atoms with van der Waals surface area (Å²) in [7, 11) is -0.705. The summed E-state index contributed by atoms with van der Waals surface area (Å²) in [5.41, 5.74) is 1.54. The number of hydrogen-bond acceptors (Lipinski definition) is 3. The molecular weight excluding hydrogens is 404 g/mol. The minimum atomic E-state index is -3.62. The van der Waals surface area contributed by atoms with Crippen molar-refractivity contribution in [3.63, 3.8) is 0 Å². The van der Waals surface area contributed by atoms with E-state index in [1.54, 1.807) is 12.1 Å². The molecule has 25 heavy (non-hydrogen) atoms. The summed E-state index contributed by atoms with van der Waals surface area (Å²) in [5.74, 6) is -0.282. The maximum absolute atomic E-state index is 12.3. The van der Waals surface area contributed by atoms with Gasteiger partial charge in [-0.15, -0.1) is 0 Å². The fourth-order valence-electron chi connectivity index (χ4n) is 2.28. The Balaban J connectivity index is 2.00. The van der Waals surface area contributed by atoms with Crippen LogP contribution in [-0.4, -0.2) is 39.3 Å². The Hall–Kier alpha value is -1.70. The van der Waals surface area contributed by atoms with Crippen molar-refractivity contribution in [1.82, 2.24) is 9.62 Å². The molecule has 0 fully saturated rings. The molecule has 1 amide bonds. The first kappa shape index (κ1) is 19.6. The molecule has 5 nitrogen and oxygen atoms in total. The predicted octanol–water partition coefficient (Wildman–Crippen LogP) is 3.06. The van der Waals surface area contributed by atoms with E-state index in [0.717, 1.165) is 17.1 Å². The summed E-state index contributed by atoms with van der Waals surface area (Å²) >= 11 is 3.24. The van der Waals surface area contributed by atoms with Crippen molar-refractivity contribution in [2.45, 2.75) is 17.7 Å². The van der Waals surface area contributed by atoms with E-state index in [9.17, 15) is 13.2 Å². The number of aryl methyl sites for hydroxylation is 1. The molecule has 7 heteroatoms. The van der Waals surface area contributed by atoms with E-state index in [1.165, 1.54) is 25.7 Å². The van der Waals surface area contributed by atoms with Gasteiger partial charge in [0.1, 0.15) is 0 Å². The number of nitrogens with zero attached hydrogens (tertiary/aromatic N) is 1. The van der Waals surface area contributed by atoms with E-state index >= 15 is 0 Å². The topological polar surface area (TPSA) is 66.5 Å². The highest BCUT2D eigenvalue weighted by Crippen LogP contribution is 2.25. The lowest BCUT2D eigenvalue weighted by atomic mass is 10.1. The number of carbonyl (C=O) groups excluding carboxylic acids is 1. The summed E-state index contributed by atoms with van der Waals surface area (Å²) < 4.78 is 26.2. The van der Waals surface area contributed by atoms with Gasteiger partial charge in [-0.3, -0.25) is 4.79 Å². The van der Waals surface area contributed by atoms with E-state index in [-0.39, 0.29) is 10.8 Å². The van der Waals surface area contributed by atoms with Crippen LogP contribution in [-0.2, 0) is 16.4 Å². The summed E-state index contributed by atoms with van der Waals surface area (Å²) in [6, 6.07) is 14.6. The quantitative estimate of drug-likeness (QED) is 0.694. The first-order chi connectivity index (χ1) is 11.8. The van der Waals surface area contributed by atoms with Gasteiger partial charge in [-0.2, -0.15) is 0 Å². The largest absolute Gasteiger partial charge is 0.352 e. The Morgan fingerprint density at radius 2 is 1.80 bits per heavy atom. The van der Waals surface area contributed by atoms with Crippen molar-refractivity contribution in [2.75, 3.05) is 20.6 Å². The molecule has 0 saturated carbocycles. The molecular formula is C18H21BrN2O3S. The van der Waals surface area contributed by atoms with Gasteiger partial charge in [0.2, 0.25) is 10.0 Å². The van der Waals surface area contributed by atoms with Gasteiger partial charge in [-0.1, -0.05) is 30.3 Å². The maximum atomic E-state index is 12.3. The van der Waals surface area contributed by atoms with Crippen LogP contribution in [0.2, 0.25) is 0 Å². The third kappa shape index (κ3) is 5.14. The van der Waals surface area contributed by atoms with Crippen LogP contribution in [0.15, 0.2) is 57.9 Å². The first-order valence-corrected chi connectivity index (χ1v) is 10.1. The average molecular weight is 425 g/mol. The average Bonchev–Trinajstić information content (AvgIpc) is 2.59. The lowest BCUT2D eigenvalue weighted by molar-refractivity contribution is 0.0953. The summed E-state index contributed by atoms with van der Waals surface area (Å²) in [6.07, 6.45) is 1.69. The molecule has 2 aromatic rings. The lowest BCUT2D eigenvalue weighted by Gasteiger charge is -2.14. The van der Waals surface area contributed by atoms with Crippen LogP contribution in [0, 0.1) is 0 Å². The second-order valence-corrected chi connectivity index (χ2v) is 8.75. The number of nitrogens with one attached hydrogen (secondary N) is 1. The van der Waals surface area contributed by atoms with Crippen molar-refractivity contribution in [3.8, 4) is 0 Å². The highest BCUT2D eigenvalue weighted by molar-refractivity contribution is 9.10. The van der Waals surface area contributed by atoms with E-state index in [1.807, 2.05) is 18.2 Å². The molecule has 0 atom stereocenters. The Bertz CT molecular complexity index is 837. The molecule has 0 unspecified atom stereocenters. The minimum absolute atomic E-state index is 0.0782. The van der Waals surface area contributed by atoms with Crippen LogP contribution in [0.3, 0.4) is 0 Å². The van der Waals surface area contributed by atoms with E-state index in [0.29, 0.717) is 16.6 Å². The summed E-state index contributed by atoms with van der Waals surface area (Å²) in [5, 5.41) is 2.83. The van der Waals surface area contributed by atoms with Crippen LogP contribution in [0.25, 0.3) is 0 Å². The number of hydrogen-bond donors (Lipinski definition) is 1. The molecule has 0 spiro atoms. The summed E-state index contributed by atoms with van der Waals surface area (Å²) in [6.45, 7) is 0.527. The molecule has 0 radical (unpaired) electrons. The SMILES string of the molecule is CN(C)S(=O)(=O)c1cc(C(=O)NCCCc2ccccc2)ccc1Br. The highest BCUT2D eigenvalue weighted by atomic mass is 79.9. The van der Waals surface area contributed by atoms with Gasteiger partial charge in [0.05, 0.1) is 4.90 Å². The lowest BCUT2D eigenvalue weighted by Crippen LogP contribution is -2.26. The van der Waals surface area contributed by atoms with Crippen LogP contribution < -0.4 is 5.32 Å². The maximum Gasteiger partial charge on any atom is 0.251 e. The highest BCUT2D eigenvalue weighted by Gasteiger charge is 2.22. The molecule has 1 N–H and O–H groups in total. The van der Waals surface area contributed by atoms with Crippen LogP contribution in [0.1, 0.15) is 22.3 Å². The molecule has 2 aromatic carbocycles. The van der Waals surface area contributed by atoms with Crippen LogP contribution in [0.4, 0.5) is 0 Å². The van der Waals surface area contributed by atoms with Gasteiger partial charge in [0.25, 0.3) is 5.91 Å². The third-order valence-electron chi connectivity index (χ3n) is 3.72. The molecule has 0 saturated heterocycles. The van der Waals surface area contributed by atoms with Gasteiger partial charge in [0.15, 0.2) is 0 Å². The van der Waals surface area contributed by atoms with E-state index < -0.39 is 10.0 Å². The third-order valence-corrected chi connectivity index (χ3v) is 6.53. The Kier molecular flexibility index (Phi) is 6.75. The van der Waals surface area contributed by atoms with Crippen molar-refractivity contribution in [1.29, 1.82) is 0 Å². The molecule has 0 aromatic heterocycles. The standard InChI is InChI=1S/C18H21BrN2O3S/c1-21(2)25(23,24)17-13-15(10-11-16(17)19)18(22)20-12-6-9-14-7-4-3-5-8-14/h3-5,7-8,10-11,13H,6,9,12H2,1-2H3,(H,20,22). The van der Waals surface area contributed by atoms with Crippen LogP contribution >= 0.6 is 15.9 Å². The molecule has 134 valence electrons. The monoisotopic (exact) mass is 424 g/mol. The molecule has 0 aliphatic heterocycles. The second kappa shape index (κ2) is 8.60. The number of halogens is 1. The zero-order valence-electron chi connectivity index (χ0n) is 14.2. The second-order valence-electron chi connectivity index (χ2n) is 5.78. The fraction of sp³-hybridized carbons (Fsp3) is 0.278. The van der Waals surface area contributed by atoms with Crippen molar-refractivity contribution >= 4 is 31.9 Å². The van der Waals surface area contributed by atoms with Gasteiger partial charge in [0, 0.05) is 30.7 Å². The van der Waals surface area contributed by atoms with E-state index in [2.05, 4.69) is 33.4 Å². The molecule has 0 bridgehead atoms. The smallest absolute Gasteiger partial charge is 0.251 e. The Morgan fingerprint density at radius 3 is 2.44 bits per heavy atom. The van der Waals surface area contributed by atoms with Gasteiger partial charge >= 0.3 is 0 Å². The molecule has 0 aliphatic rings. The Morgan fingerprint density at radius 1 is 1.12 bits per heavy atom. The first-order valence-electron chi connectivity index (χ1n) is 7.86. The minimum Gasteiger partial charge on any atom is -0.352 e. The fourth-order valence-corrected chi connectivity index (χ4v) is 4.12. The normalized spacial score (nSPS) is 11.5. The number of sulfonamides is 1. The van der Waals surface area contributed by atoms with Crippen molar-refractivity contribution < 1.29 is 13.2 Å². The van der Waals surface area contributed by atoms with Crippen molar-refractivity contribution in [2.24, 2.45) is 0 Å². The number of benzene rings is 2. The van der Waals surface area contributed by atoms with Crippen LogP contribution in [0.5, 0.6) is 0 Å². The predicted molar refractivity (Wildman–Crippen MR) is 102 cm³/mol. The zero-order chi connectivity index (χ0) is 18.4. The molecule has 0 aliphatic carbocycles. The van der Waals surface area contributed by atoms with Gasteiger partial charge < -0.3 is 5.32 Å². The number of rotatable bonds is 7. The number of amides is 1. The zero-order valence-corrected chi connectivity index (χ0v) is 16.6. The molecule has 2 rings (SSSR count). The van der Waals surface area contributed by atoms with Gasteiger partial charge in [-0.05, 0) is 52.5 Å². The van der Waals surface area contributed by atoms with Crippen molar-refractivity contribution in [3.05, 3.63) is 64.1 Å². The van der Waals surface area contributed by atoms with Gasteiger partial charge in [-0.25, -0.2) is 12.7 Å². The van der Waals surface area contributed by atoms with E-state index in [4.69, 9.17) is 0 Å². The molecule has 0 heterocycles. The number of carbonyl (C=O) groups is 1. The Labute approximate surface area is 157 Å². The summed E-state index contributed by atoms with van der Waals surface area (Å²) in [4.78, 5) is 12.4.